The van der Waals surface area contributed by atoms with Gasteiger partial charge in [-0.15, -0.1) is 0 Å². The van der Waals surface area contributed by atoms with Crippen molar-refractivity contribution in [3.63, 3.8) is 0 Å². The van der Waals surface area contributed by atoms with Crippen LogP contribution < -0.4 is 4.72 Å². The highest BCUT2D eigenvalue weighted by atomic mass is 32.2. The molecule has 1 unspecified atom stereocenters. The molecule has 0 amide bonds. The molecule has 1 aromatic carbocycles. The lowest BCUT2D eigenvalue weighted by Gasteiger charge is -2.17. The molecule has 2 rings (SSSR count). The standard InChI is InChI=1S/C14H21NO2S/c1-9-7-10(2)14(11(3)8-9)18(16,17)15-12(4)13-5-6-13/h7-8,12-13,15H,5-6H2,1-4H3. The molecule has 3 nitrogen and oxygen atoms in total. The average Bonchev–Trinajstić information content (AvgIpc) is 2.95. The van der Waals surface area contributed by atoms with Gasteiger partial charge >= 0.3 is 0 Å². The van der Waals surface area contributed by atoms with E-state index in [0.717, 1.165) is 29.5 Å². The van der Waals surface area contributed by atoms with Crippen LogP contribution in [0.3, 0.4) is 0 Å². The predicted molar refractivity (Wildman–Crippen MR) is 73.2 cm³/mol. The van der Waals surface area contributed by atoms with Crippen LogP contribution in [0.25, 0.3) is 0 Å². The monoisotopic (exact) mass is 267 g/mol. The molecule has 1 aliphatic carbocycles. The lowest BCUT2D eigenvalue weighted by Crippen LogP contribution is -2.34. The van der Waals surface area contributed by atoms with Crippen LogP contribution in [0.15, 0.2) is 17.0 Å². The first kappa shape index (κ1) is 13.6. The maximum Gasteiger partial charge on any atom is 0.241 e. The van der Waals surface area contributed by atoms with E-state index in [-0.39, 0.29) is 6.04 Å². The van der Waals surface area contributed by atoms with Crippen molar-refractivity contribution in [2.24, 2.45) is 5.92 Å². The second-order valence-electron chi connectivity index (χ2n) is 5.48. The van der Waals surface area contributed by atoms with E-state index in [9.17, 15) is 8.42 Å². The molecule has 0 bridgehead atoms. The average molecular weight is 267 g/mol. The zero-order valence-electron chi connectivity index (χ0n) is 11.4. The van der Waals surface area contributed by atoms with E-state index < -0.39 is 10.0 Å². The fraction of sp³-hybridized carbons (Fsp3) is 0.571. The van der Waals surface area contributed by atoms with Crippen LogP contribution in [0.5, 0.6) is 0 Å². The van der Waals surface area contributed by atoms with Crippen LogP contribution in [0.2, 0.25) is 0 Å². The Morgan fingerprint density at radius 3 is 2.11 bits per heavy atom. The zero-order chi connectivity index (χ0) is 13.5. The molecule has 0 heterocycles. The van der Waals surface area contributed by atoms with Crippen LogP contribution in [0, 0.1) is 26.7 Å². The van der Waals surface area contributed by atoms with Gasteiger partial charge in [-0.2, -0.15) is 0 Å². The Morgan fingerprint density at radius 1 is 1.17 bits per heavy atom. The number of rotatable bonds is 4. The Bertz CT molecular complexity index is 536. The summed E-state index contributed by atoms with van der Waals surface area (Å²) >= 11 is 0. The Labute approximate surface area is 110 Å². The van der Waals surface area contributed by atoms with E-state index in [0.29, 0.717) is 10.8 Å². The number of aryl methyl sites for hydroxylation is 3. The molecular formula is C14H21NO2S. The van der Waals surface area contributed by atoms with Crippen molar-refractivity contribution in [2.75, 3.05) is 0 Å². The SMILES string of the molecule is Cc1cc(C)c(S(=O)(=O)NC(C)C2CC2)c(C)c1. The van der Waals surface area contributed by atoms with Crippen molar-refractivity contribution in [2.45, 2.75) is 51.5 Å². The summed E-state index contributed by atoms with van der Waals surface area (Å²) in [5.41, 5.74) is 2.74. The van der Waals surface area contributed by atoms with E-state index in [4.69, 9.17) is 0 Å². The number of sulfonamides is 1. The van der Waals surface area contributed by atoms with Crippen molar-refractivity contribution in [1.82, 2.24) is 4.72 Å². The molecule has 1 aromatic rings. The maximum atomic E-state index is 12.4. The van der Waals surface area contributed by atoms with Gasteiger partial charge in [-0.05, 0) is 57.6 Å². The molecule has 4 heteroatoms. The van der Waals surface area contributed by atoms with E-state index in [2.05, 4.69) is 4.72 Å². The van der Waals surface area contributed by atoms with Gasteiger partial charge in [-0.3, -0.25) is 0 Å². The van der Waals surface area contributed by atoms with Crippen LogP contribution in [0.1, 0.15) is 36.5 Å². The summed E-state index contributed by atoms with van der Waals surface area (Å²) in [6.45, 7) is 7.65. The molecule has 0 radical (unpaired) electrons. The highest BCUT2D eigenvalue weighted by Gasteiger charge is 2.32. The summed E-state index contributed by atoms with van der Waals surface area (Å²) < 4.78 is 27.6. The summed E-state index contributed by atoms with van der Waals surface area (Å²) in [4.78, 5) is 0.445. The van der Waals surface area contributed by atoms with Gasteiger partial charge in [0.15, 0.2) is 0 Å². The van der Waals surface area contributed by atoms with Crippen molar-refractivity contribution in [3.05, 3.63) is 28.8 Å². The van der Waals surface area contributed by atoms with E-state index in [1.54, 1.807) is 0 Å². The molecule has 1 aliphatic rings. The van der Waals surface area contributed by atoms with Gasteiger partial charge in [0.1, 0.15) is 0 Å². The van der Waals surface area contributed by atoms with Gasteiger partial charge in [-0.25, -0.2) is 13.1 Å². The number of hydrogen-bond acceptors (Lipinski definition) is 2. The van der Waals surface area contributed by atoms with E-state index >= 15 is 0 Å². The Kier molecular flexibility index (Phi) is 3.52. The molecule has 1 N–H and O–H groups in total. The van der Waals surface area contributed by atoms with Gasteiger partial charge < -0.3 is 0 Å². The molecule has 1 atom stereocenters. The molecule has 1 fully saturated rings. The first-order valence-corrected chi connectivity index (χ1v) is 7.90. The van der Waals surface area contributed by atoms with Crippen molar-refractivity contribution >= 4 is 10.0 Å². The topological polar surface area (TPSA) is 46.2 Å². The lowest BCUT2D eigenvalue weighted by atomic mass is 10.1. The van der Waals surface area contributed by atoms with Gasteiger partial charge in [0, 0.05) is 6.04 Å². The van der Waals surface area contributed by atoms with Crippen molar-refractivity contribution in [3.8, 4) is 0 Å². The predicted octanol–water partition coefficient (Wildman–Crippen LogP) is 2.69. The van der Waals surface area contributed by atoms with Gasteiger partial charge in [0.25, 0.3) is 0 Å². The number of hydrogen-bond donors (Lipinski definition) is 1. The Hall–Kier alpha value is -0.870. The lowest BCUT2D eigenvalue weighted by molar-refractivity contribution is 0.537. The molecule has 1 saturated carbocycles. The van der Waals surface area contributed by atoms with E-state index in [1.165, 1.54) is 0 Å². The molecule has 0 aliphatic heterocycles. The molecular weight excluding hydrogens is 246 g/mol. The highest BCUT2D eigenvalue weighted by Crippen LogP contribution is 2.33. The second kappa shape index (κ2) is 4.67. The first-order valence-electron chi connectivity index (χ1n) is 6.41. The van der Waals surface area contributed by atoms with Crippen LogP contribution >= 0.6 is 0 Å². The normalized spacial score (nSPS) is 17.8. The quantitative estimate of drug-likeness (QED) is 0.911. The van der Waals surface area contributed by atoms with Gasteiger partial charge in [-0.1, -0.05) is 17.7 Å². The summed E-state index contributed by atoms with van der Waals surface area (Å²) in [6.07, 6.45) is 2.27. The fourth-order valence-corrected chi connectivity index (χ4v) is 4.35. The van der Waals surface area contributed by atoms with Crippen LogP contribution in [-0.4, -0.2) is 14.5 Å². The fourth-order valence-electron chi connectivity index (χ4n) is 2.59. The Balaban J connectivity index is 2.34. The molecule has 0 spiro atoms. The number of benzene rings is 1. The third kappa shape index (κ3) is 2.75. The third-order valence-electron chi connectivity index (χ3n) is 3.54. The minimum atomic E-state index is -3.39. The van der Waals surface area contributed by atoms with Gasteiger partial charge in [0.2, 0.25) is 10.0 Å². The molecule has 100 valence electrons. The Morgan fingerprint density at radius 2 is 1.67 bits per heavy atom. The van der Waals surface area contributed by atoms with Crippen LogP contribution in [0.4, 0.5) is 0 Å². The van der Waals surface area contributed by atoms with Crippen molar-refractivity contribution < 1.29 is 8.42 Å². The smallest absolute Gasteiger partial charge is 0.208 e. The second-order valence-corrected chi connectivity index (χ2v) is 7.13. The molecule has 0 aromatic heterocycles. The van der Waals surface area contributed by atoms with Crippen molar-refractivity contribution in [1.29, 1.82) is 0 Å². The summed E-state index contributed by atoms with van der Waals surface area (Å²) in [5.74, 6) is 0.519. The zero-order valence-corrected chi connectivity index (χ0v) is 12.3. The highest BCUT2D eigenvalue weighted by molar-refractivity contribution is 7.89. The summed E-state index contributed by atoms with van der Waals surface area (Å²) in [5, 5.41) is 0. The first-order chi connectivity index (χ1) is 8.31. The summed E-state index contributed by atoms with van der Waals surface area (Å²) in [6, 6.07) is 3.88. The molecule has 0 saturated heterocycles. The van der Waals surface area contributed by atoms with E-state index in [1.807, 2.05) is 39.8 Å². The minimum Gasteiger partial charge on any atom is -0.208 e. The summed E-state index contributed by atoms with van der Waals surface area (Å²) in [7, 11) is -3.39. The van der Waals surface area contributed by atoms with Crippen LogP contribution in [-0.2, 0) is 10.0 Å². The van der Waals surface area contributed by atoms with Gasteiger partial charge in [0.05, 0.1) is 4.90 Å². The molecule has 18 heavy (non-hydrogen) atoms. The minimum absolute atomic E-state index is 0.0371. The largest absolute Gasteiger partial charge is 0.241 e. The third-order valence-corrected chi connectivity index (χ3v) is 5.41. The maximum absolute atomic E-state index is 12.4. The number of nitrogens with one attached hydrogen (secondary N) is 1.